The zero-order valence-electron chi connectivity index (χ0n) is 11.0. The molecule has 2 aliphatic rings. The highest BCUT2D eigenvalue weighted by atomic mass is 79.9. The summed E-state index contributed by atoms with van der Waals surface area (Å²) in [6.07, 6.45) is 3.99. The summed E-state index contributed by atoms with van der Waals surface area (Å²) in [6.45, 7) is 5.24. The van der Waals surface area contributed by atoms with Crippen LogP contribution in [0.3, 0.4) is 0 Å². The predicted octanol–water partition coefficient (Wildman–Crippen LogP) is 2.66. The number of piperidine rings is 1. The molecule has 0 saturated carbocycles. The molecule has 0 radical (unpaired) electrons. The molecule has 1 fully saturated rings. The van der Waals surface area contributed by atoms with E-state index in [2.05, 4.69) is 32.7 Å². The van der Waals surface area contributed by atoms with Crippen LogP contribution in [0.5, 0.6) is 5.75 Å². The van der Waals surface area contributed by atoms with Crippen molar-refractivity contribution in [2.24, 2.45) is 0 Å². The topological polar surface area (TPSA) is 42.4 Å². The van der Waals surface area contributed by atoms with Crippen LogP contribution in [0.15, 0.2) is 16.9 Å². The zero-order chi connectivity index (χ0) is 13.5. The fourth-order valence-electron chi connectivity index (χ4n) is 2.93. The lowest BCUT2D eigenvalue weighted by atomic mass is 9.83. The van der Waals surface area contributed by atoms with Crippen molar-refractivity contribution < 1.29 is 9.53 Å². The summed E-state index contributed by atoms with van der Waals surface area (Å²) >= 11 is 3.30. The maximum absolute atomic E-state index is 12.3. The summed E-state index contributed by atoms with van der Waals surface area (Å²) < 4.78 is 6.83. The van der Waals surface area contributed by atoms with Crippen molar-refractivity contribution in [1.29, 1.82) is 0 Å². The van der Waals surface area contributed by atoms with E-state index in [-0.39, 0.29) is 11.4 Å². The second-order valence-electron chi connectivity index (χ2n) is 5.32. The Morgan fingerprint density at radius 2 is 2.21 bits per heavy atom. The van der Waals surface area contributed by atoms with E-state index in [1.165, 1.54) is 0 Å². The van der Waals surface area contributed by atoms with Crippen molar-refractivity contribution in [2.75, 3.05) is 19.6 Å². The summed E-state index contributed by atoms with van der Waals surface area (Å²) in [4.78, 5) is 18.9. The largest absolute Gasteiger partial charge is 0.484 e. The summed E-state index contributed by atoms with van der Waals surface area (Å²) in [7, 11) is 0. The van der Waals surface area contributed by atoms with E-state index in [9.17, 15) is 4.79 Å². The Morgan fingerprint density at radius 1 is 1.47 bits per heavy atom. The van der Waals surface area contributed by atoms with Gasteiger partial charge in [0.2, 0.25) is 0 Å². The summed E-state index contributed by atoms with van der Waals surface area (Å²) in [6, 6.07) is 1.76. The standard InChI is InChI=1S/C14H17BrN2O2/c1-2-17-5-3-14(4-6-17)8-11(18)10-7-13(15)16-9-12(10)19-14/h7,9H,2-6,8H2,1H3. The molecule has 2 aliphatic heterocycles. The number of carbonyl (C=O) groups is 1. The van der Waals surface area contributed by atoms with Crippen LogP contribution in [-0.4, -0.2) is 40.9 Å². The van der Waals surface area contributed by atoms with Gasteiger partial charge in [-0.25, -0.2) is 4.98 Å². The zero-order valence-corrected chi connectivity index (χ0v) is 12.6. The molecule has 0 N–H and O–H groups in total. The van der Waals surface area contributed by atoms with Gasteiger partial charge in [0.1, 0.15) is 16.0 Å². The molecule has 0 amide bonds. The highest BCUT2D eigenvalue weighted by Gasteiger charge is 2.42. The minimum Gasteiger partial charge on any atom is -0.484 e. The number of hydrogen-bond acceptors (Lipinski definition) is 4. The number of halogens is 1. The molecule has 0 unspecified atom stereocenters. The summed E-state index contributed by atoms with van der Waals surface area (Å²) in [5, 5.41) is 0. The molecule has 0 aliphatic carbocycles. The third kappa shape index (κ3) is 2.41. The Kier molecular flexibility index (Phi) is 3.35. The molecule has 1 aromatic heterocycles. The van der Waals surface area contributed by atoms with Gasteiger partial charge < -0.3 is 9.64 Å². The van der Waals surface area contributed by atoms with Gasteiger partial charge in [-0.3, -0.25) is 4.79 Å². The van der Waals surface area contributed by atoms with Crippen LogP contribution < -0.4 is 4.74 Å². The van der Waals surface area contributed by atoms with E-state index >= 15 is 0 Å². The van der Waals surface area contributed by atoms with E-state index in [1.807, 2.05) is 0 Å². The maximum Gasteiger partial charge on any atom is 0.170 e. The minimum atomic E-state index is -0.300. The van der Waals surface area contributed by atoms with Crippen LogP contribution in [-0.2, 0) is 0 Å². The molecule has 3 rings (SSSR count). The molecule has 1 spiro atoms. The van der Waals surface area contributed by atoms with Crippen molar-refractivity contribution in [1.82, 2.24) is 9.88 Å². The number of hydrogen-bond donors (Lipinski definition) is 0. The average molecular weight is 325 g/mol. The fourth-order valence-corrected chi connectivity index (χ4v) is 3.26. The van der Waals surface area contributed by atoms with Crippen LogP contribution in [0.1, 0.15) is 36.5 Å². The fraction of sp³-hybridized carbons (Fsp3) is 0.571. The Bertz CT molecular complexity index is 510. The SMILES string of the molecule is CCN1CCC2(CC1)CC(=O)c1cc(Br)ncc1O2. The molecule has 0 atom stereocenters. The van der Waals surface area contributed by atoms with Crippen molar-refractivity contribution in [3.05, 3.63) is 22.4 Å². The number of ether oxygens (including phenoxy) is 1. The summed E-state index contributed by atoms with van der Waals surface area (Å²) in [5.41, 5.74) is 0.357. The monoisotopic (exact) mass is 324 g/mol. The number of likely N-dealkylation sites (tertiary alicyclic amines) is 1. The van der Waals surface area contributed by atoms with Crippen molar-refractivity contribution >= 4 is 21.7 Å². The third-order valence-corrected chi connectivity index (χ3v) is 4.59. The number of Topliss-reactive ketones (excluding diaryl/α,β-unsaturated/α-hetero) is 1. The van der Waals surface area contributed by atoms with Gasteiger partial charge in [0, 0.05) is 25.9 Å². The maximum atomic E-state index is 12.3. The van der Waals surface area contributed by atoms with Gasteiger partial charge in [0.05, 0.1) is 18.2 Å². The van der Waals surface area contributed by atoms with Gasteiger partial charge >= 0.3 is 0 Å². The van der Waals surface area contributed by atoms with E-state index in [4.69, 9.17) is 4.74 Å². The van der Waals surface area contributed by atoms with E-state index in [0.717, 1.165) is 32.5 Å². The number of nitrogens with zero attached hydrogens (tertiary/aromatic N) is 2. The average Bonchev–Trinajstić information content (AvgIpc) is 2.41. The van der Waals surface area contributed by atoms with Gasteiger partial charge in [0.25, 0.3) is 0 Å². The van der Waals surface area contributed by atoms with Crippen LogP contribution in [0.4, 0.5) is 0 Å². The van der Waals surface area contributed by atoms with E-state index in [1.54, 1.807) is 12.3 Å². The lowest BCUT2D eigenvalue weighted by molar-refractivity contribution is -0.00811. The number of ketones is 1. The smallest absolute Gasteiger partial charge is 0.170 e. The predicted molar refractivity (Wildman–Crippen MR) is 75.6 cm³/mol. The van der Waals surface area contributed by atoms with Gasteiger partial charge in [-0.05, 0) is 28.5 Å². The number of pyridine rings is 1. The van der Waals surface area contributed by atoms with Crippen LogP contribution in [0.2, 0.25) is 0 Å². The molecule has 0 bridgehead atoms. The Balaban J connectivity index is 1.85. The van der Waals surface area contributed by atoms with E-state index < -0.39 is 0 Å². The Morgan fingerprint density at radius 3 is 2.89 bits per heavy atom. The molecule has 4 nitrogen and oxygen atoms in total. The minimum absolute atomic E-state index is 0.175. The van der Waals surface area contributed by atoms with Crippen molar-refractivity contribution in [3.63, 3.8) is 0 Å². The first kappa shape index (κ1) is 13.1. The normalized spacial score (nSPS) is 22.1. The number of rotatable bonds is 1. The molecule has 5 heteroatoms. The first-order valence-electron chi connectivity index (χ1n) is 6.72. The Hall–Kier alpha value is -0.940. The first-order valence-corrected chi connectivity index (χ1v) is 7.51. The molecule has 1 saturated heterocycles. The van der Waals surface area contributed by atoms with Crippen LogP contribution >= 0.6 is 15.9 Å². The molecule has 102 valence electrons. The van der Waals surface area contributed by atoms with Gasteiger partial charge in [-0.2, -0.15) is 0 Å². The highest BCUT2D eigenvalue weighted by Crippen LogP contribution is 2.39. The third-order valence-electron chi connectivity index (χ3n) is 4.16. The number of fused-ring (bicyclic) bond motifs is 1. The molecule has 19 heavy (non-hydrogen) atoms. The number of carbonyl (C=O) groups excluding carboxylic acids is 1. The quantitative estimate of drug-likeness (QED) is 0.745. The van der Waals surface area contributed by atoms with Crippen LogP contribution in [0, 0.1) is 0 Å². The van der Waals surface area contributed by atoms with Gasteiger partial charge in [0.15, 0.2) is 5.78 Å². The lowest BCUT2D eigenvalue weighted by Crippen LogP contribution is -2.50. The summed E-state index contributed by atoms with van der Waals surface area (Å²) in [5.74, 6) is 0.818. The lowest BCUT2D eigenvalue weighted by Gasteiger charge is -2.43. The van der Waals surface area contributed by atoms with Gasteiger partial charge in [-0.1, -0.05) is 6.92 Å². The molecular weight excluding hydrogens is 308 g/mol. The van der Waals surface area contributed by atoms with Crippen molar-refractivity contribution in [3.8, 4) is 5.75 Å². The van der Waals surface area contributed by atoms with Crippen molar-refractivity contribution in [2.45, 2.75) is 31.8 Å². The molecule has 0 aromatic carbocycles. The van der Waals surface area contributed by atoms with Gasteiger partial charge in [-0.15, -0.1) is 0 Å². The molecular formula is C14H17BrN2O2. The van der Waals surface area contributed by atoms with Crippen LogP contribution in [0.25, 0.3) is 0 Å². The van der Waals surface area contributed by atoms with E-state index in [0.29, 0.717) is 22.3 Å². The second-order valence-corrected chi connectivity index (χ2v) is 6.13. The first-order chi connectivity index (χ1) is 9.12. The Labute approximate surface area is 121 Å². The molecule has 1 aromatic rings. The highest BCUT2D eigenvalue weighted by molar-refractivity contribution is 9.10. The second kappa shape index (κ2) is 4.87. The molecule has 3 heterocycles. The number of aromatic nitrogens is 1.